The van der Waals surface area contributed by atoms with Crippen LogP contribution in [0.3, 0.4) is 0 Å². The second kappa shape index (κ2) is 3.94. The summed E-state index contributed by atoms with van der Waals surface area (Å²) in [4.78, 5) is 11.9. The summed E-state index contributed by atoms with van der Waals surface area (Å²) in [6.45, 7) is 2.37. The molecule has 0 bridgehead atoms. The first kappa shape index (κ1) is 11.7. The Morgan fingerprint density at radius 3 is 2.95 bits per heavy atom. The van der Waals surface area contributed by atoms with E-state index in [9.17, 15) is 4.79 Å². The highest BCUT2D eigenvalue weighted by molar-refractivity contribution is 5.82. The fourth-order valence-electron chi connectivity index (χ4n) is 5.30. The smallest absolute Gasteiger partial charge is 0.133 e. The van der Waals surface area contributed by atoms with Crippen LogP contribution < -0.4 is 0 Å². The number of carbonyl (C=O) groups is 1. The molecule has 0 aromatic heterocycles. The molecule has 0 aliphatic heterocycles. The first-order chi connectivity index (χ1) is 9.17. The number of benzene rings is 1. The Kier molecular flexibility index (Phi) is 2.43. The van der Waals surface area contributed by atoms with Crippen LogP contribution in [-0.2, 0) is 11.2 Å². The summed E-state index contributed by atoms with van der Waals surface area (Å²) in [5.41, 5.74) is 3.49. The molecule has 4 atom stereocenters. The monoisotopic (exact) mass is 254 g/mol. The van der Waals surface area contributed by atoms with Crippen LogP contribution in [0.2, 0.25) is 0 Å². The lowest BCUT2D eigenvalue weighted by Crippen LogP contribution is -2.39. The SMILES string of the molecule is C[C@@]12CC[C@@H]3c4ccccc4CC[C@H]3[C@@H]1CC(=O)C2. The average molecular weight is 254 g/mol. The molecule has 0 N–H and O–H groups in total. The predicted molar refractivity (Wildman–Crippen MR) is 76.1 cm³/mol. The largest absolute Gasteiger partial charge is 0.300 e. The van der Waals surface area contributed by atoms with E-state index in [1.54, 1.807) is 11.1 Å². The normalized spacial score (nSPS) is 40.5. The maximum absolute atomic E-state index is 11.9. The quantitative estimate of drug-likeness (QED) is 0.681. The zero-order valence-corrected chi connectivity index (χ0v) is 11.7. The lowest BCUT2D eigenvalue weighted by Gasteiger charge is -2.48. The van der Waals surface area contributed by atoms with Gasteiger partial charge in [0.25, 0.3) is 0 Å². The fraction of sp³-hybridized carbons (Fsp3) is 0.611. The average Bonchev–Trinajstić information content (AvgIpc) is 2.73. The molecule has 1 aromatic carbocycles. The minimum atomic E-state index is 0.324. The summed E-state index contributed by atoms with van der Waals surface area (Å²) in [5.74, 6) is 2.67. The highest BCUT2D eigenvalue weighted by Gasteiger charge is 2.52. The lowest BCUT2D eigenvalue weighted by atomic mass is 9.56. The number of hydrogen-bond donors (Lipinski definition) is 0. The number of hydrogen-bond acceptors (Lipinski definition) is 1. The van der Waals surface area contributed by atoms with Crippen LogP contribution in [0.1, 0.15) is 56.1 Å². The fourth-order valence-corrected chi connectivity index (χ4v) is 5.30. The zero-order valence-electron chi connectivity index (χ0n) is 11.7. The molecule has 0 amide bonds. The summed E-state index contributed by atoms with van der Waals surface area (Å²) in [6.07, 6.45) is 6.77. The molecule has 1 heteroatoms. The molecule has 100 valence electrons. The van der Waals surface area contributed by atoms with E-state index in [0.717, 1.165) is 24.7 Å². The standard InChI is InChI=1S/C18H22O/c1-18-9-8-15-14-5-3-2-4-12(14)6-7-16(15)17(18)10-13(19)11-18/h2-5,15-17H,6-11H2,1H3/t15-,16-,17+,18+/m1/s1. The summed E-state index contributed by atoms with van der Waals surface area (Å²) in [5, 5.41) is 0. The van der Waals surface area contributed by atoms with Crippen LogP contribution in [-0.4, -0.2) is 5.78 Å². The Balaban J connectivity index is 1.73. The van der Waals surface area contributed by atoms with Gasteiger partial charge in [-0.15, -0.1) is 0 Å². The van der Waals surface area contributed by atoms with Gasteiger partial charge in [0.15, 0.2) is 0 Å². The van der Waals surface area contributed by atoms with E-state index in [0.29, 0.717) is 17.1 Å². The maximum Gasteiger partial charge on any atom is 0.133 e. The molecule has 19 heavy (non-hydrogen) atoms. The van der Waals surface area contributed by atoms with E-state index in [1.165, 1.54) is 25.7 Å². The topological polar surface area (TPSA) is 17.1 Å². The lowest BCUT2D eigenvalue weighted by molar-refractivity contribution is -0.118. The van der Waals surface area contributed by atoms with Gasteiger partial charge in [0.2, 0.25) is 0 Å². The first-order valence-electron chi connectivity index (χ1n) is 7.77. The highest BCUT2D eigenvalue weighted by Crippen LogP contribution is 2.59. The van der Waals surface area contributed by atoms with Gasteiger partial charge in [-0.2, -0.15) is 0 Å². The molecular formula is C18H22O. The van der Waals surface area contributed by atoms with Crippen molar-refractivity contribution in [2.45, 2.75) is 51.4 Å². The summed E-state index contributed by atoms with van der Waals surface area (Å²) in [7, 11) is 0. The van der Waals surface area contributed by atoms with Crippen molar-refractivity contribution < 1.29 is 4.79 Å². The van der Waals surface area contributed by atoms with Crippen LogP contribution in [0.15, 0.2) is 24.3 Å². The van der Waals surface area contributed by atoms with Crippen LogP contribution >= 0.6 is 0 Å². The molecule has 0 saturated heterocycles. The summed E-state index contributed by atoms with van der Waals surface area (Å²) < 4.78 is 0. The van der Waals surface area contributed by atoms with E-state index in [-0.39, 0.29) is 0 Å². The van der Waals surface area contributed by atoms with Gasteiger partial charge in [-0.3, -0.25) is 4.79 Å². The predicted octanol–water partition coefficient (Wildman–Crippen LogP) is 4.11. The van der Waals surface area contributed by atoms with Crippen LogP contribution in [0, 0.1) is 17.3 Å². The maximum atomic E-state index is 11.9. The van der Waals surface area contributed by atoms with Crippen molar-refractivity contribution in [3.8, 4) is 0 Å². The molecule has 1 nitrogen and oxygen atoms in total. The van der Waals surface area contributed by atoms with E-state index in [2.05, 4.69) is 31.2 Å². The van der Waals surface area contributed by atoms with Crippen molar-refractivity contribution in [1.82, 2.24) is 0 Å². The molecule has 0 radical (unpaired) electrons. The zero-order chi connectivity index (χ0) is 13.0. The molecule has 0 spiro atoms. The van der Waals surface area contributed by atoms with Crippen molar-refractivity contribution in [2.24, 2.45) is 17.3 Å². The molecule has 0 unspecified atom stereocenters. The molecule has 1 aromatic rings. The van der Waals surface area contributed by atoms with Gasteiger partial charge in [0.1, 0.15) is 5.78 Å². The number of carbonyl (C=O) groups excluding carboxylic acids is 1. The van der Waals surface area contributed by atoms with E-state index >= 15 is 0 Å². The van der Waals surface area contributed by atoms with E-state index in [4.69, 9.17) is 0 Å². The third-order valence-electron chi connectivity index (χ3n) is 6.21. The van der Waals surface area contributed by atoms with Crippen LogP contribution in [0.4, 0.5) is 0 Å². The minimum absolute atomic E-state index is 0.324. The second-order valence-corrected chi connectivity index (χ2v) is 7.23. The number of rotatable bonds is 0. The van der Waals surface area contributed by atoms with Crippen molar-refractivity contribution in [2.75, 3.05) is 0 Å². The highest BCUT2D eigenvalue weighted by atomic mass is 16.1. The third kappa shape index (κ3) is 1.63. The molecule has 4 rings (SSSR count). The van der Waals surface area contributed by atoms with Crippen molar-refractivity contribution in [1.29, 1.82) is 0 Å². The van der Waals surface area contributed by atoms with Gasteiger partial charge < -0.3 is 0 Å². The van der Waals surface area contributed by atoms with Gasteiger partial charge in [-0.05, 0) is 60.0 Å². The molecule has 0 heterocycles. The van der Waals surface area contributed by atoms with Crippen LogP contribution in [0.25, 0.3) is 0 Å². The molecular weight excluding hydrogens is 232 g/mol. The van der Waals surface area contributed by atoms with Gasteiger partial charge in [0.05, 0.1) is 0 Å². The molecule has 2 fully saturated rings. The molecule has 2 saturated carbocycles. The van der Waals surface area contributed by atoms with Gasteiger partial charge in [-0.1, -0.05) is 31.2 Å². The Hall–Kier alpha value is -1.11. The number of aryl methyl sites for hydroxylation is 1. The van der Waals surface area contributed by atoms with Gasteiger partial charge in [-0.25, -0.2) is 0 Å². The van der Waals surface area contributed by atoms with E-state index in [1.807, 2.05) is 0 Å². The number of fused-ring (bicyclic) bond motifs is 5. The van der Waals surface area contributed by atoms with E-state index < -0.39 is 0 Å². The number of Topliss-reactive ketones (excluding diaryl/α,β-unsaturated/α-hetero) is 1. The second-order valence-electron chi connectivity index (χ2n) is 7.23. The summed E-state index contributed by atoms with van der Waals surface area (Å²) >= 11 is 0. The van der Waals surface area contributed by atoms with Crippen molar-refractivity contribution in [3.63, 3.8) is 0 Å². The Bertz CT molecular complexity index is 532. The molecule has 3 aliphatic rings. The van der Waals surface area contributed by atoms with Gasteiger partial charge in [0, 0.05) is 12.8 Å². The van der Waals surface area contributed by atoms with Crippen molar-refractivity contribution in [3.05, 3.63) is 35.4 Å². The van der Waals surface area contributed by atoms with Crippen LogP contribution in [0.5, 0.6) is 0 Å². The summed E-state index contributed by atoms with van der Waals surface area (Å²) in [6, 6.07) is 9.00. The first-order valence-corrected chi connectivity index (χ1v) is 7.77. The molecule has 3 aliphatic carbocycles. The third-order valence-corrected chi connectivity index (χ3v) is 6.21. The number of ketones is 1. The Morgan fingerprint density at radius 2 is 2.05 bits per heavy atom. The van der Waals surface area contributed by atoms with Crippen molar-refractivity contribution >= 4 is 5.78 Å². The Morgan fingerprint density at radius 1 is 1.21 bits per heavy atom. The minimum Gasteiger partial charge on any atom is -0.300 e. The van der Waals surface area contributed by atoms with Gasteiger partial charge >= 0.3 is 0 Å². The Labute approximate surface area is 115 Å².